The third kappa shape index (κ3) is 4.14. The van der Waals surface area contributed by atoms with Crippen molar-refractivity contribution in [3.05, 3.63) is 77.7 Å². The highest BCUT2D eigenvalue weighted by atomic mass is 16.5. The van der Waals surface area contributed by atoms with Crippen molar-refractivity contribution in [3.8, 4) is 0 Å². The lowest BCUT2D eigenvalue weighted by Crippen LogP contribution is -2.33. The topological polar surface area (TPSA) is 41.6 Å². The van der Waals surface area contributed by atoms with E-state index in [-0.39, 0.29) is 5.91 Å². The van der Waals surface area contributed by atoms with Gasteiger partial charge >= 0.3 is 0 Å². The minimum absolute atomic E-state index is 0.0688. The number of nitrogens with one attached hydrogen (secondary N) is 1. The Kier molecular flexibility index (Phi) is 5.74. The van der Waals surface area contributed by atoms with Crippen LogP contribution in [0.4, 0.5) is 5.69 Å². The molecule has 134 valence electrons. The molecule has 2 aromatic rings. The standard InChI is InChI=1S/C22H24N2O2/c1-3-26-17(2)23-15-14-22(25)24-16-20-10-5-4-8-18(20)12-13-19-9-6-7-11-21(19)24/h4-13,23H,2-3,14-16H2,1H3/b13-12-. The van der Waals surface area contributed by atoms with Crippen LogP contribution in [0.2, 0.25) is 0 Å². The van der Waals surface area contributed by atoms with Crippen molar-refractivity contribution in [2.24, 2.45) is 0 Å². The highest BCUT2D eigenvalue weighted by molar-refractivity contribution is 5.97. The number of ether oxygens (including phenoxy) is 1. The van der Waals surface area contributed by atoms with Crippen LogP contribution in [0.15, 0.2) is 61.0 Å². The fourth-order valence-corrected chi connectivity index (χ4v) is 3.04. The predicted octanol–water partition coefficient (Wildman–Crippen LogP) is 4.19. The van der Waals surface area contributed by atoms with Crippen LogP contribution >= 0.6 is 0 Å². The lowest BCUT2D eigenvalue weighted by atomic mass is 10.0. The molecular formula is C22H24N2O2. The summed E-state index contributed by atoms with van der Waals surface area (Å²) in [6.07, 6.45) is 4.55. The number of amides is 1. The van der Waals surface area contributed by atoms with E-state index in [4.69, 9.17) is 4.74 Å². The molecule has 1 amide bonds. The number of fused-ring (bicyclic) bond motifs is 2. The first-order valence-corrected chi connectivity index (χ1v) is 8.90. The average molecular weight is 348 g/mol. The SMILES string of the molecule is C=C(NCCC(=O)N1Cc2ccccc2/C=C\c2ccccc21)OCC. The van der Waals surface area contributed by atoms with Crippen LogP contribution in [0.3, 0.4) is 0 Å². The van der Waals surface area contributed by atoms with E-state index >= 15 is 0 Å². The van der Waals surface area contributed by atoms with Gasteiger partial charge in [-0.1, -0.05) is 54.6 Å². The lowest BCUT2D eigenvalue weighted by molar-refractivity contribution is -0.118. The molecule has 26 heavy (non-hydrogen) atoms. The second kappa shape index (κ2) is 8.39. The summed E-state index contributed by atoms with van der Waals surface area (Å²) < 4.78 is 5.27. The number of rotatable bonds is 6. The Balaban J connectivity index is 1.82. The molecule has 3 rings (SSSR count). The first-order chi connectivity index (χ1) is 12.7. The van der Waals surface area contributed by atoms with E-state index in [1.807, 2.05) is 48.2 Å². The number of carbonyl (C=O) groups excluding carboxylic acids is 1. The Hall–Kier alpha value is -3.01. The van der Waals surface area contributed by atoms with Gasteiger partial charge < -0.3 is 15.0 Å². The molecule has 0 aromatic heterocycles. The van der Waals surface area contributed by atoms with Gasteiger partial charge in [0.15, 0.2) is 5.88 Å². The molecule has 0 unspecified atom stereocenters. The van der Waals surface area contributed by atoms with Gasteiger partial charge in [0, 0.05) is 13.0 Å². The predicted molar refractivity (Wildman–Crippen MR) is 106 cm³/mol. The van der Waals surface area contributed by atoms with Gasteiger partial charge in [0.2, 0.25) is 5.91 Å². The van der Waals surface area contributed by atoms with Crippen molar-refractivity contribution < 1.29 is 9.53 Å². The van der Waals surface area contributed by atoms with E-state index in [0.717, 1.165) is 22.4 Å². The van der Waals surface area contributed by atoms with Crippen LogP contribution in [0, 0.1) is 0 Å². The summed E-state index contributed by atoms with van der Waals surface area (Å²) in [5, 5.41) is 3.05. The maximum absolute atomic E-state index is 13.0. The van der Waals surface area contributed by atoms with E-state index in [2.05, 4.69) is 36.2 Å². The van der Waals surface area contributed by atoms with Gasteiger partial charge in [-0.2, -0.15) is 0 Å². The molecule has 0 saturated heterocycles. The van der Waals surface area contributed by atoms with E-state index in [1.165, 1.54) is 0 Å². The summed E-state index contributed by atoms with van der Waals surface area (Å²) >= 11 is 0. The second-order valence-corrected chi connectivity index (χ2v) is 6.10. The fourth-order valence-electron chi connectivity index (χ4n) is 3.04. The number of para-hydroxylation sites is 1. The lowest BCUT2D eigenvalue weighted by Gasteiger charge is -2.27. The zero-order valence-electron chi connectivity index (χ0n) is 15.1. The molecule has 1 aliphatic heterocycles. The Morgan fingerprint density at radius 3 is 2.62 bits per heavy atom. The van der Waals surface area contributed by atoms with Gasteiger partial charge in [0.25, 0.3) is 0 Å². The van der Waals surface area contributed by atoms with Crippen LogP contribution in [0.1, 0.15) is 30.0 Å². The maximum atomic E-state index is 13.0. The van der Waals surface area contributed by atoms with Crippen molar-refractivity contribution in [3.63, 3.8) is 0 Å². The second-order valence-electron chi connectivity index (χ2n) is 6.10. The minimum atomic E-state index is 0.0688. The molecule has 2 aromatic carbocycles. The summed E-state index contributed by atoms with van der Waals surface area (Å²) in [7, 11) is 0. The molecule has 1 heterocycles. The van der Waals surface area contributed by atoms with Crippen molar-refractivity contribution in [2.75, 3.05) is 18.1 Å². The number of nitrogens with zero attached hydrogens (tertiary/aromatic N) is 1. The number of anilines is 1. The minimum Gasteiger partial charge on any atom is -0.480 e. The summed E-state index contributed by atoms with van der Waals surface area (Å²) in [6.45, 7) is 7.29. The molecule has 1 N–H and O–H groups in total. The first-order valence-electron chi connectivity index (χ1n) is 8.90. The van der Waals surface area contributed by atoms with E-state index in [0.29, 0.717) is 32.0 Å². The quantitative estimate of drug-likeness (QED) is 0.796. The fraction of sp³-hybridized carbons (Fsp3) is 0.227. The molecule has 0 atom stereocenters. The summed E-state index contributed by atoms with van der Waals surface area (Å²) in [5.74, 6) is 0.570. The molecule has 0 bridgehead atoms. The molecule has 4 heteroatoms. The summed E-state index contributed by atoms with van der Waals surface area (Å²) in [5.41, 5.74) is 4.26. The van der Waals surface area contributed by atoms with E-state index in [9.17, 15) is 4.79 Å². The zero-order chi connectivity index (χ0) is 18.4. The Labute approximate surface area is 154 Å². The van der Waals surface area contributed by atoms with Gasteiger partial charge in [-0.3, -0.25) is 4.79 Å². The largest absolute Gasteiger partial charge is 0.480 e. The van der Waals surface area contributed by atoms with Gasteiger partial charge in [0.1, 0.15) is 0 Å². The average Bonchev–Trinajstić information content (AvgIpc) is 2.64. The third-order valence-corrected chi connectivity index (χ3v) is 4.33. The van der Waals surface area contributed by atoms with Crippen molar-refractivity contribution in [1.82, 2.24) is 5.32 Å². The monoisotopic (exact) mass is 348 g/mol. The Morgan fingerprint density at radius 2 is 1.81 bits per heavy atom. The molecular weight excluding hydrogens is 324 g/mol. The number of hydrogen-bond donors (Lipinski definition) is 1. The number of carbonyl (C=O) groups is 1. The Morgan fingerprint density at radius 1 is 1.12 bits per heavy atom. The summed E-state index contributed by atoms with van der Waals surface area (Å²) in [4.78, 5) is 14.8. The Bertz CT molecular complexity index is 826. The zero-order valence-corrected chi connectivity index (χ0v) is 15.1. The molecule has 0 aliphatic carbocycles. The van der Waals surface area contributed by atoms with Gasteiger partial charge in [-0.25, -0.2) is 0 Å². The van der Waals surface area contributed by atoms with Crippen LogP contribution < -0.4 is 10.2 Å². The van der Waals surface area contributed by atoms with Crippen molar-refractivity contribution >= 4 is 23.7 Å². The molecule has 0 fully saturated rings. The van der Waals surface area contributed by atoms with E-state index < -0.39 is 0 Å². The maximum Gasteiger partial charge on any atom is 0.229 e. The van der Waals surface area contributed by atoms with Gasteiger partial charge in [-0.15, -0.1) is 0 Å². The number of hydrogen-bond acceptors (Lipinski definition) is 3. The van der Waals surface area contributed by atoms with Crippen molar-refractivity contribution in [1.29, 1.82) is 0 Å². The third-order valence-electron chi connectivity index (χ3n) is 4.33. The van der Waals surface area contributed by atoms with Crippen LogP contribution in [-0.4, -0.2) is 19.1 Å². The molecule has 4 nitrogen and oxygen atoms in total. The van der Waals surface area contributed by atoms with Gasteiger partial charge in [0.05, 0.1) is 18.8 Å². The number of benzene rings is 2. The highest BCUT2D eigenvalue weighted by Crippen LogP contribution is 2.29. The van der Waals surface area contributed by atoms with Crippen LogP contribution in [0.5, 0.6) is 0 Å². The van der Waals surface area contributed by atoms with E-state index in [1.54, 1.807) is 0 Å². The smallest absolute Gasteiger partial charge is 0.229 e. The molecule has 0 saturated carbocycles. The highest BCUT2D eigenvalue weighted by Gasteiger charge is 2.20. The van der Waals surface area contributed by atoms with Crippen LogP contribution in [0.25, 0.3) is 12.2 Å². The summed E-state index contributed by atoms with van der Waals surface area (Å²) in [6, 6.07) is 16.2. The normalized spacial score (nSPS) is 13.7. The van der Waals surface area contributed by atoms with Gasteiger partial charge in [-0.05, 0) is 36.3 Å². The van der Waals surface area contributed by atoms with Crippen molar-refractivity contribution in [2.45, 2.75) is 19.9 Å². The molecule has 0 spiro atoms. The van der Waals surface area contributed by atoms with Crippen LogP contribution in [-0.2, 0) is 16.1 Å². The molecule has 0 radical (unpaired) electrons. The first kappa shape index (κ1) is 17.8. The molecule has 1 aliphatic rings.